The van der Waals surface area contributed by atoms with Gasteiger partial charge in [-0.2, -0.15) is 0 Å². The van der Waals surface area contributed by atoms with Crippen molar-refractivity contribution in [3.05, 3.63) is 35.9 Å². The van der Waals surface area contributed by atoms with E-state index in [1.807, 2.05) is 18.2 Å². The lowest BCUT2D eigenvalue weighted by Crippen LogP contribution is -2.57. The van der Waals surface area contributed by atoms with Crippen molar-refractivity contribution in [2.45, 2.75) is 101 Å². The fraction of sp³-hybridized carbons (Fsp3) is 0.680. The topological polar surface area (TPSA) is 112 Å². The van der Waals surface area contributed by atoms with Gasteiger partial charge in [-0.05, 0) is 31.2 Å². The van der Waals surface area contributed by atoms with Crippen molar-refractivity contribution in [1.82, 2.24) is 0 Å². The van der Waals surface area contributed by atoms with E-state index in [1.54, 1.807) is 0 Å². The number of cyclic esters (lactones) is 1. The fourth-order valence-corrected chi connectivity index (χ4v) is 5.19. The molecular weight excluding hydrogens is 428 g/mol. The van der Waals surface area contributed by atoms with Crippen LogP contribution in [0.5, 0.6) is 0 Å². The van der Waals surface area contributed by atoms with E-state index in [-0.39, 0.29) is 25.4 Å². The van der Waals surface area contributed by atoms with Crippen molar-refractivity contribution in [1.29, 1.82) is 0 Å². The van der Waals surface area contributed by atoms with Gasteiger partial charge in [-0.15, -0.1) is 0 Å². The molecule has 3 aliphatic heterocycles. The quantitative estimate of drug-likeness (QED) is 0.490. The number of hydrogen-bond acceptors (Lipinski definition) is 8. The van der Waals surface area contributed by atoms with Crippen LogP contribution in [0.15, 0.2) is 30.3 Å². The molecule has 3 bridgehead atoms. The molecule has 0 amide bonds. The monoisotopic (exact) mass is 462 g/mol. The van der Waals surface area contributed by atoms with Gasteiger partial charge in [-0.3, -0.25) is 9.59 Å². The summed E-state index contributed by atoms with van der Waals surface area (Å²) in [6, 6.07) is 10.3. The zero-order valence-electron chi connectivity index (χ0n) is 18.9. The first-order valence-electron chi connectivity index (χ1n) is 12.0. The van der Waals surface area contributed by atoms with Gasteiger partial charge in [0.2, 0.25) is 0 Å². The van der Waals surface area contributed by atoms with E-state index in [9.17, 15) is 19.8 Å². The second-order valence-corrected chi connectivity index (χ2v) is 9.51. The number of rotatable bonds is 6. The molecule has 3 fully saturated rings. The van der Waals surface area contributed by atoms with Gasteiger partial charge in [0.15, 0.2) is 11.6 Å². The molecule has 0 radical (unpaired) electrons. The van der Waals surface area contributed by atoms with E-state index in [0.29, 0.717) is 25.7 Å². The molecule has 1 aromatic carbocycles. The van der Waals surface area contributed by atoms with Crippen LogP contribution >= 0.6 is 0 Å². The van der Waals surface area contributed by atoms with Crippen LogP contribution in [0.1, 0.15) is 69.8 Å². The number of esters is 2. The molecule has 3 saturated heterocycles. The second-order valence-electron chi connectivity index (χ2n) is 9.51. The van der Waals surface area contributed by atoms with Crippen LogP contribution in [-0.2, 0) is 35.0 Å². The minimum atomic E-state index is -1.71. The minimum Gasteiger partial charge on any atom is -0.462 e. The van der Waals surface area contributed by atoms with Crippen LogP contribution in [0.3, 0.4) is 0 Å². The van der Waals surface area contributed by atoms with Crippen LogP contribution in [0, 0.1) is 0 Å². The number of carbonyl (C=O) groups is 2. The van der Waals surface area contributed by atoms with Crippen molar-refractivity contribution in [2.24, 2.45) is 0 Å². The van der Waals surface area contributed by atoms with Crippen molar-refractivity contribution in [3.8, 4) is 0 Å². The molecule has 1 aromatic rings. The Morgan fingerprint density at radius 2 is 1.82 bits per heavy atom. The number of hydrogen-bond donors (Lipinski definition) is 2. The normalized spacial score (nSPS) is 35.0. The Hall–Kier alpha value is -2.00. The zero-order valence-corrected chi connectivity index (χ0v) is 18.9. The highest BCUT2D eigenvalue weighted by molar-refractivity contribution is 5.73. The molecule has 0 saturated carbocycles. The Balaban J connectivity index is 1.45. The summed E-state index contributed by atoms with van der Waals surface area (Å²) in [7, 11) is 0. The average molecular weight is 463 g/mol. The van der Waals surface area contributed by atoms with Gasteiger partial charge in [0.05, 0.1) is 25.6 Å². The Morgan fingerprint density at radius 1 is 1.00 bits per heavy atom. The number of unbranched alkanes of at least 4 members (excludes halogenated alkanes) is 1. The zero-order chi connectivity index (χ0) is 23.3. The number of carbonyl (C=O) groups excluding carboxylic acids is 2. The molecule has 5 atom stereocenters. The molecule has 8 nitrogen and oxygen atoms in total. The smallest absolute Gasteiger partial charge is 0.311 e. The van der Waals surface area contributed by atoms with E-state index < -0.39 is 42.3 Å². The SMILES string of the molecule is O=C1C[C@H](CO)OC(=O)C[C@@]2(O)CCC[C@]3(C[C@@H](C[C@@H](CCCCc4ccccc4)O3)O1)O2. The minimum absolute atomic E-state index is 0.182. The predicted octanol–water partition coefficient (Wildman–Crippen LogP) is 2.77. The number of benzene rings is 1. The molecule has 3 heterocycles. The second kappa shape index (κ2) is 10.5. The van der Waals surface area contributed by atoms with Gasteiger partial charge in [-0.1, -0.05) is 36.8 Å². The van der Waals surface area contributed by atoms with Gasteiger partial charge in [0.1, 0.15) is 12.2 Å². The van der Waals surface area contributed by atoms with Crippen molar-refractivity contribution in [3.63, 3.8) is 0 Å². The molecule has 3 aliphatic rings. The van der Waals surface area contributed by atoms with E-state index in [4.69, 9.17) is 18.9 Å². The Morgan fingerprint density at radius 3 is 2.61 bits per heavy atom. The third kappa shape index (κ3) is 6.53. The Labute approximate surface area is 194 Å². The van der Waals surface area contributed by atoms with Gasteiger partial charge in [0, 0.05) is 25.7 Å². The van der Waals surface area contributed by atoms with Crippen molar-refractivity contribution >= 4 is 11.9 Å². The highest BCUT2D eigenvalue weighted by Crippen LogP contribution is 2.45. The van der Waals surface area contributed by atoms with Crippen LogP contribution < -0.4 is 0 Å². The highest BCUT2D eigenvalue weighted by Gasteiger charge is 2.52. The Bertz CT molecular complexity index is 814. The first kappa shape index (κ1) is 24.1. The Kier molecular flexibility index (Phi) is 7.69. The van der Waals surface area contributed by atoms with Gasteiger partial charge < -0.3 is 29.2 Å². The fourth-order valence-electron chi connectivity index (χ4n) is 5.19. The summed E-state index contributed by atoms with van der Waals surface area (Å²) < 4.78 is 23.3. The maximum absolute atomic E-state index is 12.5. The lowest BCUT2D eigenvalue weighted by atomic mass is 9.88. The van der Waals surface area contributed by atoms with Crippen molar-refractivity contribution in [2.75, 3.05) is 6.61 Å². The number of aliphatic hydroxyl groups is 2. The molecule has 0 unspecified atom stereocenters. The van der Waals surface area contributed by atoms with E-state index >= 15 is 0 Å². The summed E-state index contributed by atoms with van der Waals surface area (Å²) >= 11 is 0. The van der Waals surface area contributed by atoms with E-state index in [1.165, 1.54) is 5.56 Å². The maximum Gasteiger partial charge on any atom is 0.311 e. The molecule has 8 heteroatoms. The van der Waals surface area contributed by atoms with Crippen LogP contribution in [-0.4, -0.2) is 58.6 Å². The summed E-state index contributed by atoms with van der Waals surface area (Å²) in [6.07, 6.45) is 3.79. The molecule has 0 aromatic heterocycles. The first-order chi connectivity index (χ1) is 15.9. The predicted molar refractivity (Wildman–Crippen MR) is 117 cm³/mol. The largest absolute Gasteiger partial charge is 0.462 e. The van der Waals surface area contributed by atoms with Crippen molar-refractivity contribution < 1.29 is 38.7 Å². The third-order valence-electron chi connectivity index (χ3n) is 6.65. The summed E-state index contributed by atoms with van der Waals surface area (Å²) in [5.41, 5.74) is 1.30. The van der Waals surface area contributed by atoms with Gasteiger partial charge in [0.25, 0.3) is 0 Å². The van der Waals surface area contributed by atoms with Gasteiger partial charge >= 0.3 is 11.9 Å². The average Bonchev–Trinajstić information content (AvgIpc) is 2.75. The molecule has 1 spiro atoms. The number of fused-ring (bicyclic) bond motifs is 2. The number of aryl methyl sites for hydroxylation is 1. The van der Waals surface area contributed by atoms with Crippen LogP contribution in [0.25, 0.3) is 0 Å². The molecule has 182 valence electrons. The van der Waals surface area contributed by atoms with E-state index in [2.05, 4.69) is 12.1 Å². The molecular formula is C25H34O8. The highest BCUT2D eigenvalue weighted by atomic mass is 16.8. The molecule has 2 N–H and O–H groups in total. The standard InChI is InChI=1S/C25H34O8/c26-17-21-14-22(27)30-20-13-19(10-5-4-9-18-7-2-1-3-8-18)32-25(15-20)12-6-11-24(29,33-25)16-23(28)31-21/h1-3,7-8,19-21,26,29H,4-6,9-17H2/t19-,20-,21-,24-,25-/m1/s1. The lowest BCUT2D eigenvalue weighted by Gasteiger charge is -2.50. The molecule has 4 rings (SSSR count). The van der Waals surface area contributed by atoms with Gasteiger partial charge in [-0.25, -0.2) is 0 Å². The third-order valence-corrected chi connectivity index (χ3v) is 6.65. The number of ether oxygens (including phenoxy) is 4. The van der Waals surface area contributed by atoms with E-state index in [0.717, 1.165) is 25.7 Å². The summed E-state index contributed by atoms with van der Waals surface area (Å²) in [5.74, 6) is -4.07. The van der Waals surface area contributed by atoms with Crippen LogP contribution in [0.2, 0.25) is 0 Å². The summed E-state index contributed by atoms with van der Waals surface area (Å²) in [5, 5.41) is 20.5. The summed E-state index contributed by atoms with van der Waals surface area (Å²) in [6.45, 7) is -0.498. The summed E-state index contributed by atoms with van der Waals surface area (Å²) in [4.78, 5) is 24.8. The maximum atomic E-state index is 12.5. The first-order valence-corrected chi connectivity index (χ1v) is 12.0. The molecule has 33 heavy (non-hydrogen) atoms. The molecule has 0 aliphatic carbocycles. The van der Waals surface area contributed by atoms with Crippen LogP contribution in [0.4, 0.5) is 0 Å². The lowest BCUT2D eigenvalue weighted by molar-refractivity contribution is -0.396. The number of aliphatic hydroxyl groups excluding tert-OH is 1.